The number of rotatable bonds is 3. The number of ketones is 1. The molecule has 3 nitrogen and oxygen atoms in total. The van der Waals surface area contributed by atoms with Crippen LogP contribution in [0.4, 0.5) is 0 Å². The second-order valence-corrected chi connectivity index (χ2v) is 6.50. The Hall–Kier alpha value is -1.35. The maximum Gasteiger partial charge on any atom is 0.227 e. The van der Waals surface area contributed by atoms with E-state index in [2.05, 4.69) is 0 Å². The molecule has 0 radical (unpaired) electrons. The summed E-state index contributed by atoms with van der Waals surface area (Å²) in [5.41, 5.74) is 0.979. The highest BCUT2D eigenvalue weighted by Crippen LogP contribution is 2.33. The number of hydrogen-bond acceptors (Lipinski definition) is 2. The fourth-order valence-corrected chi connectivity index (χ4v) is 3.77. The van der Waals surface area contributed by atoms with Crippen LogP contribution in [0.2, 0.25) is 5.02 Å². The first kappa shape index (κ1) is 14.6. The Morgan fingerprint density at radius 3 is 2.62 bits per heavy atom. The SMILES string of the molecule is O=C1CCCC1C1CCCN1C(=O)Cc1ccc(Cl)cc1. The zero-order chi connectivity index (χ0) is 14.8. The van der Waals surface area contributed by atoms with Crippen molar-refractivity contribution in [2.24, 2.45) is 5.92 Å². The van der Waals surface area contributed by atoms with Gasteiger partial charge in [-0.2, -0.15) is 0 Å². The Balaban J connectivity index is 1.68. The largest absolute Gasteiger partial charge is 0.339 e. The maximum absolute atomic E-state index is 12.6. The highest BCUT2D eigenvalue weighted by Gasteiger charge is 2.39. The van der Waals surface area contributed by atoms with Crippen LogP contribution in [0.15, 0.2) is 24.3 Å². The van der Waals surface area contributed by atoms with Crippen LogP contribution in [0.3, 0.4) is 0 Å². The molecule has 0 N–H and O–H groups in total. The van der Waals surface area contributed by atoms with Gasteiger partial charge in [0.05, 0.1) is 6.42 Å². The predicted octanol–water partition coefficient (Wildman–Crippen LogP) is 3.24. The molecule has 0 bridgehead atoms. The van der Waals surface area contributed by atoms with Gasteiger partial charge in [-0.25, -0.2) is 0 Å². The fourth-order valence-electron chi connectivity index (χ4n) is 3.65. The standard InChI is InChI=1S/C17H20ClNO2/c18-13-8-6-12(7-9-13)11-17(21)19-10-2-4-15(19)14-3-1-5-16(14)20/h6-9,14-15H,1-5,10-11H2. The van der Waals surface area contributed by atoms with Gasteiger partial charge in [-0.1, -0.05) is 23.7 Å². The number of carbonyl (C=O) groups excluding carboxylic acids is 2. The minimum atomic E-state index is 0.0849. The van der Waals surface area contributed by atoms with Crippen molar-refractivity contribution < 1.29 is 9.59 Å². The molecule has 0 spiro atoms. The summed E-state index contributed by atoms with van der Waals surface area (Å²) in [6.45, 7) is 0.793. The highest BCUT2D eigenvalue weighted by molar-refractivity contribution is 6.30. The molecule has 2 unspecified atom stereocenters. The van der Waals surface area contributed by atoms with E-state index in [4.69, 9.17) is 11.6 Å². The van der Waals surface area contributed by atoms with E-state index >= 15 is 0 Å². The zero-order valence-electron chi connectivity index (χ0n) is 12.1. The molecule has 1 aliphatic heterocycles. The van der Waals surface area contributed by atoms with Crippen molar-refractivity contribution in [3.63, 3.8) is 0 Å². The average molecular weight is 306 g/mol. The molecule has 1 saturated carbocycles. The summed E-state index contributed by atoms with van der Waals surface area (Å²) >= 11 is 5.87. The molecule has 2 atom stereocenters. The first-order chi connectivity index (χ1) is 10.1. The Kier molecular flexibility index (Phi) is 4.29. The lowest BCUT2D eigenvalue weighted by molar-refractivity contribution is -0.133. The minimum Gasteiger partial charge on any atom is -0.339 e. The van der Waals surface area contributed by atoms with E-state index < -0.39 is 0 Å². The van der Waals surface area contributed by atoms with Crippen molar-refractivity contribution >= 4 is 23.3 Å². The van der Waals surface area contributed by atoms with Crippen LogP contribution in [0.25, 0.3) is 0 Å². The van der Waals surface area contributed by atoms with Gasteiger partial charge in [-0.3, -0.25) is 9.59 Å². The van der Waals surface area contributed by atoms with Gasteiger partial charge in [0.2, 0.25) is 5.91 Å². The van der Waals surface area contributed by atoms with Crippen LogP contribution in [-0.4, -0.2) is 29.2 Å². The number of carbonyl (C=O) groups is 2. The quantitative estimate of drug-likeness (QED) is 0.859. The molecule has 1 aliphatic carbocycles. The van der Waals surface area contributed by atoms with Crippen molar-refractivity contribution in [3.8, 4) is 0 Å². The van der Waals surface area contributed by atoms with Gasteiger partial charge in [-0.05, 0) is 43.4 Å². The first-order valence-electron chi connectivity index (χ1n) is 7.72. The molecule has 1 aromatic rings. The third kappa shape index (κ3) is 3.13. The van der Waals surface area contributed by atoms with E-state index in [-0.39, 0.29) is 17.9 Å². The van der Waals surface area contributed by atoms with E-state index in [1.807, 2.05) is 29.2 Å². The highest BCUT2D eigenvalue weighted by atomic mass is 35.5. The van der Waals surface area contributed by atoms with Crippen LogP contribution in [0.5, 0.6) is 0 Å². The van der Waals surface area contributed by atoms with Gasteiger partial charge in [0.1, 0.15) is 5.78 Å². The van der Waals surface area contributed by atoms with E-state index in [9.17, 15) is 9.59 Å². The molecule has 112 valence electrons. The molecule has 4 heteroatoms. The number of hydrogen-bond donors (Lipinski definition) is 0. The third-order valence-corrected chi connectivity index (χ3v) is 4.96. The number of benzene rings is 1. The van der Waals surface area contributed by atoms with Crippen LogP contribution < -0.4 is 0 Å². The Bertz CT molecular complexity index is 540. The summed E-state index contributed by atoms with van der Waals surface area (Å²) in [6, 6.07) is 7.55. The number of nitrogens with zero attached hydrogens (tertiary/aromatic N) is 1. The number of halogens is 1. The molecule has 21 heavy (non-hydrogen) atoms. The van der Waals surface area contributed by atoms with Gasteiger partial charge < -0.3 is 4.90 Å². The molecule has 0 aromatic heterocycles. The lowest BCUT2D eigenvalue weighted by atomic mass is 9.95. The van der Waals surface area contributed by atoms with Crippen LogP contribution in [-0.2, 0) is 16.0 Å². The van der Waals surface area contributed by atoms with Crippen LogP contribution >= 0.6 is 11.6 Å². The van der Waals surface area contributed by atoms with Crippen LogP contribution in [0.1, 0.15) is 37.7 Å². The van der Waals surface area contributed by atoms with Crippen molar-refractivity contribution in [2.75, 3.05) is 6.54 Å². The second kappa shape index (κ2) is 6.18. The molecular formula is C17H20ClNO2. The van der Waals surface area contributed by atoms with Crippen LogP contribution in [0, 0.1) is 5.92 Å². The summed E-state index contributed by atoms with van der Waals surface area (Å²) in [4.78, 5) is 26.5. The van der Waals surface area contributed by atoms with Crippen molar-refractivity contribution in [1.29, 1.82) is 0 Å². The summed E-state index contributed by atoms with van der Waals surface area (Å²) < 4.78 is 0. The molecule has 3 rings (SSSR count). The Morgan fingerprint density at radius 1 is 1.19 bits per heavy atom. The van der Waals surface area contributed by atoms with E-state index in [1.54, 1.807) is 0 Å². The number of likely N-dealkylation sites (tertiary alicyclic amines) is 1. The van der Waals surface area contributed by atoms with E-state index in [0.29, 0.717) is 23.6 Å². The predicted molar refractivity (Wildman–Crippen MR) is 82.2 cm³/mol. The number of amides is 1. The monoisotopic (exact) mass is 305 g/mol. The van der Waals surface area contributed by atoms with Crippen molar-refractivity contribution in [3.05, 3.63) is 34.9 Å². The fraction of sp³-hybridized carbons (Fsp3) is 0.529. The molecular weight excluding hydrogens is 286 g/mol. The molecule has 2 aliphatic rings. The van der Waals surface area contributed by atoms with Gasteiger partial charge >= 0.3 is 0 Å². The topological polar surface area (TPSA) is 37.4 Å². The lowest BCUT2D eigenvalue weighted by Crippen LogP contribution is -2.42. The minimum absolute atomic E-state index is 0.0849. The van der Waals surface area contributed by atoms with Gasteiger partial charge in [0.15, 0.2) is 0 Å². The summed E-state index contributed by atoms with van der Waals surface area (Å²) in [6.07, 6.45) is 5.02. The van der Waals surface area contributed by atoms with Crippen molar-refractivity contribution in [1.82, 2.24) is 4.90 Å². The molecule has 1 amide bonds. The molecule has 2 fully saturated rings. The van der Waals surface area contributed by atoms with Gasteiger partial charge in [-0.15, -0.1) is 0 Å². The Labute approximate surface area is 130 Å². The maximum atomic E-state index is 12.6. The zero-order valence-corrected chi connectivity index (χ0v) is 12.8. The smallest absolute Gasteiger partial charge is 0.227 e. The summed E-state index contributed by atoms with van der Waals surface area (Å²) in [5, 5.41) is 0.682. The van der Waals surface area contributed by atoms with E-state index in [1.165, 1.54) is 0 Å². The van der Waals surface area contributed by atoms with Gasteiger partial charge in [0.25, 0.3) is 0 Å². The second-order valence-electron chi connectivity index (χ2n) is 6.06. The Morgan fingerprint density at radius 2 is 1.95 bits per heavy atom. The molecule has 1 heterocycles. The third-order valence-electron chi connectivity index (χ3n) is 4.70. The number of Topliss-reactive ketones (excluding diaryl/α,β-unsaturated/α-hetero) is 1. The van der Waals surface area contributed by atoms with Crippen molar-refractivity contribution in [2.45, 2.75) is 44.6 Å². The van der Waals surface area contributed by atoms with Gasteiger partial charge in [0, 0.05) is 29.9 Å². The van der Waals surface area contributed by atoms with E-state index in [0.717, 1.165) is 37.8 Å². The lowest BCUT2D eigenvalue weighted by Gasteiger charge is -2.28. The average Bonchev–Trinajstić information content (AvgIpc) is 3.09. The molecule has 1 saturated heterocycles. The molecule has 1 aromatic carbocycles. The first-order valence-corrected chi connectivity index (χ1v) is 8.09. The summed E-state index contributed by atoms with van der Waals surface area (Å²) in [5.74, 6) is 0.576. The normalized spacial score (nSPS) is 25.6. The summed E-state index contributed by atoms with van der Waals surface area (Å²) in [7, 11) is 0.